The first-order valence-electron chi connectivity index (χ1n) is 6.42. The van der Waals surface area contributed by atoms with Gasteiger partial charge < -0.3 is 4.90 Å². The van der Waals surface area contributed by atoms with E-state index < -0.39 is 8.07 Å². The van der Waals surface area contributed by atoms with E-state index in [9.17, 15) is 0 Å². The van der Waals surface area contributed by atoms with E-state index in [1.54, 1.807) is 5.32 Å². The van der Waals surface area contributed by atoms with Gasteiger partial charge in [-0.3, -0.25) is 0 Å². The molecule has 0 radical (unpaired) electrons. The molecule has 0 spiro atoms. The van der Waals surface area contributed by atoms with Gasteiger partial charge in [0, 0.05) is 14.1 Å². The van der Waals surface area contributed by atoms with Gasteiger partial charge in [-0.05, 0) is 12.2 Å². The predicted octanol–water partition coefficient (Wildman–Crippen LogP) is 4.28. The molecule has 0 rings (SSSR count). The van der Waals surface area contributed by atoms with Crippen LogP contribution >= 0.6 is 0 Å². The van der Waals surface area contributed by atoms with Crippen LogP contribution in [0, 0.1) is 0 Å². The summed E-state index contributed by atoms with van der Waals surface area (Å²) >= 11 is 0. The lowest BCUT2D eigenvalue weighted by molar-refractivity contribution is 0.534. The SMILES string of the molecule is CC=C(N(C)C)[Si](CC)(CCC)CCC. The summed E-state index contributed by atoms with van der Waals surface area (Å²) in [6.07, 6.45) is 5.04. The van der Waals surface area contributed by atoms with Gasteiger partial charge in [-0.2, -0.15) is 0 Å². The van der Waals surface area contributed by atoms with Crippen molar-refractivity contribution < 1.29 is 0 Å². The van der Waals surface area contributed by atoms with Crippen LogP contribution < -0.4 is 0 Å². The first-order valence-corrected chi connectivity index (χ1v) is 9.04. The number of rotatable bonds is 7. The van der Waals surface area contributed by atoms with Gasteiger partial charge in [0.1, 0.15) is 8.07 Å². The lowest BCUT2D eigenvalue weighted by Crippen LogP contribution is -2.41. The average Bonchev–Trinajstić information content (AvgIpc) is 2.18. The van der Waals surface area contributed by atoms with Crippen molar-refractivity contribution in [1.29, 1.82) is 0 Å². The Hall–Kier alpha value is -0.243. The van der Waals surface area contributed by atoms with Gasteiger partial charge in [-0.15, -0.1) is 0 Å². The van der Waals surface area contributed by atoms with Crippen molar-refractivity contribution in [3.8, 4) is 0 Å². The predicted molar refractivity (Wildman–Crippen MR) is 73.9 cm³/mol. The van der Waals surface area contributed by atoms with Crippen LogP contribution in [-0.4, -0.2) is 27.1 Å². The van der Waals surface area contributed by atoms with Crippen LogP contribution in [0.15, 0.2) is 11.4 Å². The van der Waals surface area contributed by atoms with Crippen molar-refractivity contribution >= 4 is 8.07 Å². The smallest absolute Gasteiger partial charge is 0.106 e. The Morgan fingerprint density at radius 1 is 1.07 bits per heavy atom. The number of hydrogen-bond donors (Lipinski definition) is 0. The second-order valence-corrected chi connectivity index (χ2v) is 9.48. The normalized spacial score (nSPS) is 13.1. The standard InChI is InChI=1S/C13H29NSi/c1-7-11-15(10-4,12-8-2)13(9-3)14(5)6/h9H,7-8,10-12H2,1-6H3. The van der Waals surface area contributed by atoms with Crippen LogP contribution in [-0.2, 0) is 0 Å². The van der Waals surface area contributed by atoms with E-state index in [-0.39, 0.29) is 0 Å². The van der Waals surface area contributed by atoms with Crippen molar-refractivity contribution in [2.45, 2.75) is 58.7 Å². The molecule has 0 unspecified atom stereocenters. The topological polar surface area (TPSA) is 3.24 Å². The van der Waals surface area contributed by atoms with Crippen molar-refractivity contribution in [1.82, 2.24) is 4.90 Å². The maximum Gasteiger partial charge on any atom is 0.106 e. The summed E-state index contributed by atoms with van der Waals surface area (Å²) in [6, 6.07) is 4.30. The molecule has 0 aromatic rings. The van der Waals surface area contributed by atoms with Crippen LogP contribution in [0.25, 0.3) is 0 Å². The highest BCUT2D eigenvalue weighted by Gasteiger charge is 2.34. The molecule has 2 heteroatoms. The monoisotopic (exact) mass is 227 g/mol. The van der Waals surface area contributed by atoms with Gasteiger partial charge in [0.05, 0.1) is 0 Å². The van der Waals surface area contributed by atoms with Gasteiger partial charge in [0.25, 0.3) is 0 Å². The van der Waals surface area contributed by atoms with Crippen molar-refractivity contribution in [3.05, 3.63) is 11.4 Å². The Labute approximate surface area is 97.6 Å². The summed E-state index contributed by atoms with van der Waals surface area (Å²) in [6.45, 7) is 9.26. The lowest BCUT2D eigenvalue weighted by Gasteiger charge is -2.37. The van der Waals surface area contributed by atoms with Crippen LogP contribution in [0.1, 0.15) is 40.5 Å². The van der Waals surface area contributed by atoms with Gasteiger partial charge >= 0.3 is 0 Å². The Balaban J connectivity index is 5.01. The molecule has 0 bridgehead atoms. The number of allylic oxidation sites excluding steroid dienone is 1. The Morgan fingerprint density at radius 3 is 1.73 bits per heavy atom. The molecule has 0 heterocycles. The molecular formula is C13H29NSi. The van der Waals surface area contributed by atoms with Gasteiger partial charge in [0.15, 0.2) is 0 Å². The molecule has 0 saturated carbocycles. The summed E-state index contributed by atoms with van der Waals surface area (Å²) in [7, 11) is 3.24. The van der Waals surface area contributed by atoms with Crippen molar-refractivity contribution in [2.24, 2.45) is 0 Å². The molecule has 15 heavy (non-hydrogen) atoms. The summed E-state index contributed by atoms with van der Waals surface area (Å²) < 4.78 is 0. The molecule has 0 amide bonds. The average molecular weight is 227 g/mol. The zero-order chi connectivity index (χ0) is 11.9. The summed E-state index contributed by atoms with van der Waals surface area (Å²) in [5, 5.41) is 1.66. The van der Waals surface area contributed by atoms with Crippen LogP contribution in [0.3, 0.4) is 0 Å². The van der Waals surface area contributed by atoms with Gasteiger partial charge in [0.2, 0.25) is 0 Å². The largest absolute Gasteiger partial charge is 0.385 e. The zero-order valence-corrected chi connectivity index (χ0v) is 12.6. The first-order chi connectivity index (χ1) is 7.07. The minimum Gasteiger partial charge on any atom is -0.385 e. The fraction of sp³-hybridized carbons (Fsp3) is 0.846. The first kappa shape index (κ1) is 14.8. The van der Waals surface area contributed by atoms with E-state index in [1.165, 1.54) is 31.0 Å². The molecule has 0 aliphatic rings. The molecular weight excluding hydrogens is 198 g/mol. The second-order valence-electron chi connectivity index (χ2n) is 4.70. The fourth-order valence-electron chi connectivity index (χ4n) is 2.91. The van der Waals surface area contributed by atoms with Gasteiger partial charge in [-0.25, -0.2) is 0 Å². The molecule has 0 N–H and O–H groups in total. The quantitative estimate of drug-likeness (QED) is 0.587. The van der Waals surface area contributed by atoms with E-state index in [0.717, 1.165) is 0 Å². The third-order valence-electron chi connectivity index (χ3n) is 3.43. The third-order valence-corrected chi connectivity index (χ3v) is 9.52. The molecule has 0 atom stereocenters. The Kier molecular flexibility index (Phi) is 6.99. The van der Waals surface area contributed by atoms with E-state index in [1.807, 2.05) is 0 Å². The minimum atomic E-state index is -1.17. The van der Waals surface area contributed by atoms with E-state index in [2.05, 4.69) is 52.8 Å². The molecule has 0 aromatic heterocycles. The molecule has 0 fully saturated rings. The molecule has 90 valence electrons. The van der Waals surface area contributed by atoms with Gasteiger partial charge in [-0.1, -0.05) is 57.8 Å². The highest BCUT2D eigenvalue weighted by molar-refractivity contribution is 6.86. The zero-order valence-electron chi connectivity index (χ0n) is 11.6. The van der Waals surface area contributed by atoms with Crippen LogP contribution in [0.2, 0.25) is 18.1 Å². The second kappa shape index (κ2) is 7.10. The summed E-state index contributed by atoms with van der Waals surface area (Å²) in [4.78, 5) is 2.36. The molecule has 0 aliphatic heterocycles. The maximum atomic E-state index is 2.39. The summed E-state index contributed by atoms with van der Waals surface area (Å²) in [5.41, 5.74) is 0. The Morgan fingerprint density at radius 2 is 1.53 bits per heavy atom. The van der Waals surface area contributed by atoms with E-state index in [0.29, 0.717) is 0 Å². The number of hydrogen-bond acceptors (Lipinski definition) is 1. The van der Waals surface area contributed by atoms with E-state index in [4.69, 9.17) is 0 Å². The summed E-state index contributed by atoms with van der Waals surface area (Å²) in [5.74, 6) is 0. The minimum absolute atomic E-state index is 1.17. The highest BCUT2D eigenvalue weighted by Crippen LogP contribution is 2.32. The molecule has 0 aromatic carbocycles. The molecule has 0 saturated heterocycles. The van der Waals surface area contributed by atoms with Crippen molar-refractivity contribution in [3.63, 3.8) is 0 Å². The van der Waals surface area contributed by atoms with Crippen LogP contribution in [0.5, 0.6) is 0 Å². The van der Waals surface area contributed by atoms with E-state index >= 15 is 0 Å². The maximum absolute atomic E-state index is 2.39. The third kappa shape index (κ3) is 3.67. The molecule has 1 nitrogen and oxygen atoms in total. The fourth-order valence-corrected chi connectivity index (χ4v) is 8.22. The lowest BCUT2D eigenvalue weighted by atomic mass is 10.6. The van der Waals surface area contributed by atoms with Crippen molar-refractivity contribution in [2.75, 3.05) is 14.1 Å². The molecule has 0 aliphatic carbocycles. The number of nitrogens with zero attached hydrogens (tertiary/aromatic N) is 1. The van der Waals surface area contributed by atoms with Crippen LogP contribution in [0.4, 0.5) is 0 Å². The Bertz CT molecular complexity index is 191. The highest BCUT2D eigenvalue weighted by atomic mass is 28.3.